The minimum Gasteiger partial charge on any atom is -0.378 e. The highest BCUT2D eigenvalue weighted by Crippen LogP contribution is 2.14. The highest BCUT2D eigenvalue weighted by Gasteiger charge is 2.12. The fraction of sp³-hybridized carbons (Fsp3) is 0.333. The third-order valence-electron chi connectivity index (χ3n) is 2.03. The number of hydrogen-bond acceptors (Lipinski definition) is 1. The molecule has 0 saturated carbocycles. The van der Waals surface area contributed by atoms with E-state index in [0.717, 1.165) is 5.56 Å². The smallest absolute Gasteiger partial charge is 0.122 e. The van der Waals surface area contributed by atoms with Crippen LogP contribution in [0.1, 0.15) is 25.8 Å². The molecule has 2 heteroatoms. The maximum atomic E-state index is 9.66. The maximum Gasteiger partial charge on any atom is 0.122 e. The minimum absolute atomic E-state index is 0.602. The predicted molar refractivity (Wildman–Crippen MR) is 59.2 cm³/mol. The second-order valence-corrected chi connectivity index (χ2v) is 3.76. The second-order valence-electron chi connectivity index (χ2n) is 3.36. The molecule has 0 fully saturated rings. The molecule has 1 atom stereocenters. The zero-order valence-electron chi connectivity index (χ0n) is 8.34. The Morgan fingerprint density at radius 3 is 2.64 bits per heavy atom. The van der Waals surface area contributed by atoms with Gasteiger partial charge in [-0.3, -0.25) is 0 Å². The fourth-order valence-corrected chi connectivity index (χ4v) is 1.04. The lowest BCUT2D eigenvalue weighted by Crippen LogP contribution is -2.19. The number of rotatable bonds is 1. The molecule has 1 rings (SSSR count). The molecule has 74 valence electrons. The van der Waals surface area contributed by atoms with Gasteiger partial charge in [0.05, 0.1) is 5.02 Å². The third kappa shape index (κ3) is 3.06. The van der Waals surface area contributed by atoms with Crippen LogP contribution in [0.5, 0.6) is 0 Å². The summed E-state index contributed by atoms with van der Waals surface area (Å²) in [7, 11) is 0. The molecule has 0 aromatic heterocycles. The molecule has 0 aliphatic heterocycles. The van der Waals surface area contributed by atoms with Crippen molar-refractivity contribution < 1.29 is 5.11 Å². The van der Waals surface area contributed by atoms with Crippen LogP contribution in [0.25, 0.3) is 0 Å². The first-order valence-corrected chi connectivity index (χ1v) is 4.93. The van der Waals surface area contributed by atoms with E-state index < -0.39 is 5.60 Å². The summed E-state index contributed by atoms with van der Waals surface area (Å²) in [6, 6.07) is 7.34. The van der Waals surface area contributed by atoms with E-state index >= 15 is 0 Å². The predicted octanol–water partition coefficient (Wildman–Crippen LogP) is 2.85. The monoisotopic (exact) mass is 208 g/mol. The van der Waals surface area contributed by atoms with E-state index in [-0.39, 0.29) is 0 Å². The first-order chi connectivity index (χ1) is 6.55. The number of benzene rings is 1. The van der Waals surface area contributed by atoms with Crippen LogP contribution in [-0.2, 0) is 0 Å². The molecule has 1 aromatic carbocycles. The van der Waals surface area contributed by atoms with E-state index in [0.29, 0.717) is 11.4 Å². The average molecular weight is 209 g/mol. The highest BCUT2D eigenvalue weighted by atomic mass is 35.5. The van der Waals surface area contributed by atoms with Crippen molar-refractivity contribution in [3.8, 4) is 11.8 Å². The van der Waals surface area contributed by atoms with Crippen LogP contribution in [0, 0.1) is 11.8 Å². The van der Waals surface area contributed by atoms with Crippen LogP contribution >= 0.6 is 11.6 Å². The largest absolute Gasteiger partial charge is 0.378 e. The molecule has 0 saturated heterocycles. The van der Waals surface area contributed by atoms with Crippen LogP contribution < -0.4 is 0 Å². The fourth-order valence-electron chi connectivity index (χ4n) is 0.853. The summed E-state index contributed by atoms with van der Waals surface area (Å²) in [6.07, 6.45) is 0.602. The minimum atomic E-state index is -0.931. The summed E-state index contributed by atoms with van der Waals surface area (Å²) in [6.45, 7) is 3.58. The van der Waals surface area contributed by atoms with Gasteiger partial charge in [-0.1, -0.05) is 42.5 Å². The number of halogens is 1. The van der Waals surface area contributed by atoms with Gasteiger partial charge in [0.2, 0.25) is 0 Å². The first-order valence-electron chi connectivity index (χ1n) is 4.55. The Kier molecular flexibility index (Phi) is 3.57. The molecule has 1 nitrogen and oxygen atoms in total. The molecule has 1 N–H and O–H groups in total. The summed E-state index contributed by atoms with van der Waals surface area (Å²) in [4.78, 5) is 0. The molecular weight excluding hydrogens is 196 g/mol. The molecule has 0 aliphatic rings. The van der Waals surface area contributed by atoms with Gasteiger partial charge in [0.1, 0.15) is 5.60 Å². The van der Waals surface area contributed by atoms with Crippen molar-refractivity contribution in [2.24, 2.45) is 0 Å². The Morgan fingerprint density at radius 1 is 1.43 bits per heavy atom. The Morgan fingerprint density at radius 2 is 2.07 bits per heavy atom. The van der Waals surface area contributed by atoms with Crippen molar-refractivity contribution in [2.75, 3.05) is 0 Å². The van der Waals surface area contributed by atoms with E-state index in [1.54, 1.807) is 13.0 Å². The van der Waals surface area contributed by atoms with Crippen LogP contribution in [-0.4, -0.2) is 10.7 Å². The standard InChI is InChI=1S/C12H13ClO/c1-3-12(2,14)9-8-10-6-4-5-7-11(10)13/h4-7,14H,3H2,1-2H3. The molecule has 0 amide bonds. The van der Waals surface area contributed by atoms with Crippen molar-refractivity contribution >= 4 is 11.6 Å². The molecule has 1 unspecified atom stereocenters. The summed E-state index contributed by atoms with van der Waals surface area (Å²) in [5.41, 5.74) is -0.179. The van der Waals surface area contributed by atoms with E-state index in [2.05, 4.69) is 11.8 Å². The van der Waals surface area contributed by atoms with Gasteiger partial charge in [-0.05, 0) is 25.5 Å². The van der Waals surface area contributed by atoms with Crippen molar-refractivity contribution in [2.45, 2.75) is 25.9 Å². The summed E-state index contributed by atoms with van der Waals surface area (Å²) in [5.74, 6) is 5.66. The van der Waals surface area contributed by atoms with Crippen LogP contribution in [0.3, 0.4) is 0 Å². The normalized spacial score (nSPS) is 14.0. The van der Waals surface area contributed by atoms with Crippen molar-refractivity contribution in [1.82, 2.24) is 0 Å². The van der Waals surface area contributed by atoms with Gasteiger partial charge in [0.15, 0.2) is 0 Å². The molecule has 14 heavy (non-hydrogen) atoms. The maximum absolute atomic E-state index is 9.66. The summed E-state index contributed by atoms with van der Waals surface area (Å²) < 4.78 is 0. The Bertz CT molecular complexity index is 371. The molecule has 0 spiro atoms. The second kappa shape index (κ2) is 4.50. The van der Waals surface area contributed by atoms with Gasteiger partial charge in [-0.2, -0.15) is 0 Å². The van der Waals surface area contributed by atoms with Gasteiger partial charge in [-0.25, -0.2) is 0 Å². The molecule has 1 aromatic rings. The Labute approximate surface area is 89.7 Å². The highest BCUT2D eigenvalue weighted by molar-refractivity contribution is 6.31. The van der Waals surface area contributed by atoms with Crippen molar-refractivity contribution in [1.29, 1.82) is 0 Å². The molecule has 0 bridgehead atoms. The molecular formula is C12H13ClO. The quantitative estimate of drug-likeness (QED) is 0.704. The van der Waals surface area contributed by atoms with Gasteiger partial charge < -0.3 is 5.11 Å². The van der Waals surface area contributed by atoms with Crippen LogP contribution in [0.2, 0.25) is 5.02 Å². The van der Waals surface area contributed by atoms with Gasteiger partial charge in [0.25, 0.3) is 0 Å². The molecule has 0 heterocycles. The third-order valence-corrected chi connectivity index (χ3v) is 2.36. The lowest BCUT2D eigenvalue weighted by atomic mass is 10.0. The topological polar surface area (TPSA) is 20.2 Å². The van der Waals surface area contributed by atoms with Crippen LogP contribution in [0.4, 0.5) is 0 Å². The average Bonchev–Trinajstić information content (AvgIpc) is 2.17. The van der Waals surface area contributed by atoms with E-state index in [4.69, 9.17) is 11.6 Å². The van der Waals surface area contributed by atoms with E-state index in [1.807, 2.05) is 25.1 Å². The number of hydrogen-bond donors (Lipinski definition) is 1. The molecule has 0 aliphatic carbocycles. The Balaban J connectivity index is 2.94. The summed E-state index contributed by atoms with van der Waals surface area (Å²) >= 11 is 5.91. The van der Waals surface area contributed by atoms with Gasteiger partial charge >= 0.3 is 0 Å². The summed E-state index contributed by atoms with van der Waals surface area (Å²) in [5, 5.41) is 10.3. The van der Waals surface area contributed by atoms with E-state index in [9.17, 15) is 5.11 Å². The zero-order chi connectivity index (χ0) is 10.6. The van der Waals surface area contributed by atoms with Gasteiger partial charge in [0, 0.05) is 5.56 Å². The number of aliphatic hydroxyl groups is 1. The lowest BCUT2D eigenvalue weighted by molar-refractivity contribution is 0.118. The van der Waals surface area contributed by atoms with Crippen molar-refractivity contribution in [3.63, 3.8) is 0 Å². The SMILES string of the molecule is CCC(C)(O)C#Cc1ccccc1Cl. The molecule has 0 radical (unpaired) electrons. The first kappa shape index (κ1) is 11.1. The van der Waals surface area contributed by atoms with Gasteiger partial charge in [-0.15, -0.1) is 0 Å². The zero-order valence-corrected chi connectivity index (χ0v) is 9.10. The van der Waals surface area contributed by atoms with Crippen molar-refractivity contribution in [3.05, 3.63) is 34.9 Å². The van der Waals surface area contributed by atoms with E-state index in [1.165, 1.54) is 0 Å². The lowest BCUT2D eigenvalue weighted by Gasteiger charge is -2.11. The Hall–Kier alpha value is -0.970. The van der Waals surface area contributed by atoms with Crippen LogP contribution in [0.15, 0.2) is 24.3 Å².